The Bertz CT molecular complexity index is 1190. The van der Waals surface area contributed by atoms with Crippen molar-refractivity contribution in [2.24, 2.45) is 0 Å². The summed E-state index contributed by atoms with van der Waals surface area (Å²) in [6.45, 7) is 2.55. The van der Waals surface area contributed by atoms with Crippen LogP contribution in [0.1, 0.15) is 18.4 Å². The Morgan fingerprint density at radius 2 is 1.94 bits per heavy atom. The summed E-state index contributed by atoms with van der Waals surface area (Å²) in [5, 5.41) is 3.35. The van der Waals surface area contributed by atoms with Gasteiger partial charge in [-0.25, -0.2) is 4.39 Å². The molecule has 164 valence electrons. The molecule has 1 aromatic heterocycles. The predicted octanol–water partition coefficient (Wildman–Crippen LogP) is 5.31. The number of carbonyl (C=O) groups is 1. The topological polar surface area (TPSA) is 63.9 Å². The number of benzene rings is 2. The summed E-state index contributed by atoms with van der Waals surface area (Å²) in [5.41, 5.74) is 0.913. The molecule has 32 heavy (non-hydrogen) atoms. The van der Waals surface area contributed by atoms with E-state index in [0.29, 0.717) is 35.3 Å². The number of amides is 1. The highest BCUT2D eigenvalue weighted by atomic mass is 35.5. The smallest absolute Gasteiger partial charge is 0.281 e. The third kappa shape index (κ3) is 4.76. The van der Waals surface area contributed by atoms with Crippen LogP contribution in [0.4, 0.5) is 10.1 Å². The van der Waals surface area contributed by atoms with Gasteiger partial charge in [0.05, 0.1) is 17.3 Å². The highest BCUT2D eigenvalue weighted by molar-refractivity contribution is 7.80. The van der Waals surface area contributed by atoms with Crippen molar-refractivity contribution in [3.05, 3.63) is 82.7 Å². The second-order valence-electron chi connectivity index (χ2n) is 6.72. The van der Waals surface area contributed by atoms with E-state index >= 15 is 0 Å². The van der Waals surface area contributed by atoms with E-state index in [1.54, 1.807) is 42.5 Å². The van der Waals surface area contributed by atoms with E-state index in [9.17, 15) is 9.18 Å². The molecule has 2 aromatic carbocycles. The number of anilines is 1. The molecule has 0 aliphatic carbocycles. The van der Waals surface area contributed by atoms with Crippen LogP contribution < -0.4 is 19.7 Å². The number of ether oxygens (including phenoxy) is 2. The van der Waals surface area contributed by atoms with Gasteiger partial charge in [-0.05, 0) is 73.7 Å². The van der Waals surface area contributed by atoms with Gasteiger partial charge in [-0.15, -0.1) is 0 Å². The van der Waals surface area contributed by atoms with Crippen LogP contribution in [0.15, 0.2) is 64.7 Å². The highest BCUT2D eigenvalue weighted by Gasteiger charge is 2.32. The molecular weight excluding hydrogens is 455 g/mol. The fourth-order valence-corrected chi connectivity index (χ4v) is 3.58. The van der Waals surface area contributed by atoms with E-state index in [-0.39, 0.29) is 28.3 Å². The van der Waals surface area contributed by atoms with Gasteiger partial charge in [-0.2, -0.15) is 0 Å². The molecule has 1 N–H and O–H groups in total. The van der Waals surface area contributed by atoms with Crippen LogP contribution in [0, 0.1) is 5.82 Å². The Morgan fingerprint density at radius 1 is 1.16 bits per heavy atom. The van der Waals surface area contributed by atoms with Crippen LogP contribution in [0.2, 0.25) is 5.02 Å². The Hall–Kier alpha value is -3.36. The van der Waals surface area contributed by atoms with Gasteiger partial charge >= 0.3 is 0 Å². The van der Waals surface area contributed by atoms with Crippen LogP contribution in [0.3, 0.4) is 0 Å². The number of nitrogens with zero attached hydrogens (tertiary/aromatic N) is 1. The zero-order valence-corrected chi connectivity index (χ0v) is 18.5. The summed E-state index contributed by atoms with van der Waals surface area (Å²) in [6.07, 6.45) is 1.57. The maximum Gasteiger partial charge on any atom is 0.281 e. The van der Waals surface area contributed by atoms with Crippen LogP contribution in [0.5, 0.6) is 11.5 Å². The number of halogens is 2. The van der Waals surface area contributed by atoms with Crippen molar-refractivity contribution in [3.63, 3.8) is 0 Å². The first-order valence-corrected chi connectivity index (χ1v) is 10.5. The normalized spacial score (nSPS) is 14.7. The first-order valence-electron chi connectivity index (χ1n) is 9.71. The fourth-order valence-electron chi connectivity index (χ4n) is 3.06. The minimum absolute atomic E-state index is 0.0899. The fraction of sp³-hybridized carbons (Fsp3) is 0.130. The van der Waals surface area contributed by atoms with Crippen molar-refractivity contribution in [2.75, 3.05) is 11.5 Å². The molecule has 1 saturated heterocycles. The lowest BCUT2D eigenvalue weighted by molar-refractivity contribution is -0.113. The lowest BCUT2D eigenvalue weighted by Crippen LogP contribution is -2.30. The van der Waals surface area contributed by atoms with E-state index in [0.717, 1.165) is 0 Å². The minimum Gasteiger partial charge on any atom is -0.494 e. The average molecular weight is 473 g/mol. The van der Waals surface area contributed by atoms with E-state index in [1.807, 2.05) is 6.92 Å². The zero-order valence-electron chi connectivity index (χ0n) is 16.9. The van der Waals surface area contributed by atoms with Crippen LogP contribution in [0.25, 0.3) is 6.08 Å². The molecule has 9 heteroatoms. The monoisotopic (exact) mass is 472 g/mol. The molecule has 6 nitrogen and oxygen atoms in total. The average Bonchev–Trinajstić information content (AvgIpc) is 3.32. The van der Waals surface area contributed by atoms with Gasteiger partial charge < -0.3 is 19.2 Å². The molecule has 1 fully saturated rings. The van der Waals surface area contributed by atoms with Gasteiger partial charge in [0, 0.05) is 6.08 Å². The number of hydrogen-bond donors (Lipinski definition) is 1. The van der Waals surface area contributed by atoms with Crippen molar-refractivity contribution in [3.8, 4) is 11.5 Å². The SMILES string of the molecule is CCOc1ccc(N2C(=O)/C(=C\c3ccc(COc4ccc(F)cc4Cl)o3)NC2=S)cc1. The molecule has 1 aliphatic rings. The minimum atomic E-state index is -0.444. The third-order valence-electron chi connectivity index (χ3n) is 4.52. The molecule has 1 amide bonds. The molecule has 0 bridgehead atoms. The van der Waals surface area contributed by atoms with Gasteiger partial charge in [0.1, 0.15) is 41.1 Å². The van der Waals surface area contributed by atoms with Crippen molar-refractivity contribution >= 4 is 46.6 Å². The summed E-state index contributed by atoms with van der Waals surface area (Å²) in [5.74, 6) is 1.26. The highest BCUT2D eigenvalue weighted by Crippen LogP contribution is 2.27. The van der Waals surface area contributed by atoms with Gasteiger partial charge in [-0.3, -0.25) is 9.69 Å². The molecular formula is C23H18ClFN2O4S. The summed E-state index contributed by atoms with van der Waals surface area (Å²) < 4.78 is 29.8. The summed E-state index contributed by atoms with van der Waals surface area (Å²) >= 11 is 11.3. The first-order chi connectivity index (χ1) is 15.4. The van der Waals surface area contributed by atoms with E-state index in [2.05, 4.69) is 5.32 Å². The molecule has 2 heterocycles. The number of nitrogens with one attached hydrogen (secondary N) is 1. The molecule has 0 radical (unpaired) electrons. The predicted molar refractivity (Wildman–Crippen MR) is 123 cm³/mol. The Balaban J connectivity index is 1.44. The molecule has 0 unspecified atom stereocenters. The van der Waals surface area contributed by atoms with Crippen LogP contribution >= 0.6 is 23.8 Å². The van der Waals surface area contributed by atoms with Crippen LogP contribution in [-0.2, 0) is 11.4 Å². The number of hydrogen-bond acceptors (Lipinski definition) is 5. The van der Waals surface area contributed by atoms with Crippen LogP contribution in [-0.4, -0.2) is 17.6 Å². The van der Waals surface area contributed by atoms with E-state index in [1.165, 1.54) is 23.1 Å². The summed E-state index contributed by atoms with van der Waals surface area (Å²) in [7, 11) is 0. The van der Waals surface area contributed by atoms with Crippen molar-refractivity contribution in [1.82, 2.24) is 5.32 Å². The molecule has 4 rings (SSSR count). The number of rotatable bonds is 7. The first kappa shape index (κ1) is 21.9. The van der Waals surface area contributed by atoms with Gasteiger partial charge in [0.2, 0.25) is 0 Å². The lowest BCUT2D eigenvalue weighted by Gasteiger charge is -2.14. The third-order valence-corrected chi connectivity index (χ3v) is 5.10. The summed E-state index contributed by atoms with van der Waals surface area (Å²) in [4.78, 5) is 14.3. The maximum absolute atomic E-state index is 13.1. The second-order valence-corrected chi connectivity index (χ2v) is 7.52. The van der Waals surface area contributed by atoms with Gasteiger partial charge in [0.15, 0.2) is 5.11 Å². The lowest BCUT2D eigenvalue weighted by atomic mass is 10.2. The van der Waals surface area contributed by atoms with Crippen molar-refractivity contribution in [2.45, 2.75) is 13.5 Å². The van der Waals surface area contributed by atoms with Crippen molar-refractivity contribution in [1.29, 1.82) is 0 Å². The Morgan fingerprint density at radius 3 is 2.66 bits per heavy atom. The largest absolute Gasteiger partial charge is 0.494 e. The molecule has 0 saturated carbocycles. The van der Waals surface area contributed by atoms with E-state index in [4.69, 9.17) is 37.7 Å². The summed E-state index contributed by atoms with van der Waals surface area (Å²) in [6, 6.07) is 14.4. The number of furan rings is 1. The van der Waals surface area contributed by atoms with E-state index < -0.39 is 5.82 Å². The molecule has 0 atom stereocenters. The standard InChI is InChI=1S/C23H18ClFN2O4S/c1-2-29-16-6-4-15(5-7-16)27-22(28)20(26-23(27)32)12-17-8-9-18(31-17)13-30-21-10-3-14(25)11-19(21)24/h3-12H,2,13H2,1H3,(H,26,32)/b20-12+. The number of thiocarbonyl (C=S) groups is 1. The maximum atomic E-state index is 13.1. The Kier molecular flexibility index (Phi) is 6.43. The molecule has 1 aliphatic heterocycles. The Labute approximate surface area is 194 Å². The molecule has 0 spiro atoms. The quantitative estimate of drug-likeness (QED) is 0.371. The van der Waals surface area contributed by atoms with Gasteiger partial charge in [-0.1, -0.05) is 11.6 Å². The van der Waals surface area contributed by atoms with Crippen molar-refractivity contribution < 1.29 is 23.1 Å². The second kappa shape index (κ2) is 9.42. The number of carbonyl (C=O) groups excluding carboxylic acids is 1. The molecule has 3 aromatic rings. The zero-order chi connectivity index (χ0) is 22.7. The van der Waals surface area contributed by atoms with Gasteiger partial charge in [0.25, 0.3) is 5.91 Å².